The number of ether oxygens (including phenoxy) is 2. The topological polar surface area (TPSA) is 76.8 Å². The number of benzene rings is 1. The van der Waals surface area contributed by atoms with Gasteiger partial charge < -0.3 is 19.5 Å². The second kappa shape index (κ2) is 8.19. The fraction of sp³-hybridized carbons (Fsp3) is 0.652. The Balaban J connectivity index is 1.55. The van der Waals surface area contributed by atoms with E-state index in [1.807, 2.05) is 31.6 Å². The Labute approximate surface area is 177 Å². The third-order valence-electron chi connectivity index (χ3n) is 6.04. The van der Waals surface area contributed by atoms with E-state index in [1.165, 1.54) is 0 Å². The van der Waals surface area contributed by atoms with Crippen molar-refractivity contribution in [3.05, 3.63) is 29.5 Å². The molecule has 0 saturated carbocycles. The van der Waals surface area contributed by atoms with Crippen molar-refractivity contribution in [2.75, 3.05) is 19.7 Å². The van der Waals surface area contributed by atoms with Crippen molar-refractivity contribution in [2.24, 2.45) is 0 Å². The molecule has 0 aliphatic carbocycles. The standard InChI is InChI=1S/C23H33N3O4/c1-15-11-16-13-24-26(21-7-5-6-10-29-21)19(16)12-18(15)17-8-9-25(14-20(17)27)22(28)30-23(2,3)4/h11-13,17,20-21,27H,5-10,14H2,1-4H3. The van der Waals surface area contributed by atoms with Crippen molar-refractivity contribution in [3.63, 3.8) is 0 Å². The summed E-state index contributed by atoms with van der Waals surface area (Å²) in [5.41, 5.74) is 2.77. The highest BCUT2D eigenvalue weighted by Crippen LogP contribution is 2.35. The molecule has 2 fully saturated rings. The molecule has 3 unspecified atom stereocenters. The number of hydrogen-bond acceptors (Lipinski definition) is 5. The van der Waals surface area contributed by atoms with Crippen LogP contribution in [0.15, 0.2) is 18.3 Å². The number of aromatic nitrogens is 2. The van der Waals surface area contributed by atoms with Crippen LogP contribution in [0, 0.1) is 6.92 Å². The number of piperidine rings is 1. The molecule has 4 rings (SSSR count). The van der Waals surface area contributed by atoms with Gasteiger partial charge >= 0.3 is 6.09 Å². The Kier molecular flexibility index (Phi) is 5.77. The summed E-state index contributed by atoms with van der Waals surface area (Å²) in [5.74, 6) is -0.0243. The molecule has 1 amide bonds. The number of nitrogens with zero attached hydrogens (tertiary/aromatic N) is 3. The van der Waals surface area contributed by atoms with Crippen molar-refractivity contribution >= 4 is 17.0 Å². The van der Waals surface area contributed by atoms with Crippen LogP contribution in [-0.2, 0) is 9.47 Å². The number of fused-ring (bicyclic) bond motifs is 1. The van der Waals surface area contributed by atoms with Gasteiger partial charge in [-0.05, 0) is 76.6 Å². The molecule has 2 aromatic rings. The van der Waals surface area contributed by atoms with E-state index in [1.54, 1.807) is 4.90 Å². The molecular weight excluding hydrogens is 382 g/mol. The van der Waals surface area contributed by atoms with Crippen LogP contribution in [0.4, 0.5) is 4.79 Å². The van der Waals surface area contributed by atoms with Crippen molar-refractivity contribution < 1.29 is 19.4 Å². The molecule has 1 aromatic heterocycles. The molecule has 0 radical (unpaired) electrons. The van der Waals surface area contributed by atoms with Gasteiger partial charge in [0.05, 0.1) is 24.4 Å². The fourth-order valence-electron chi connectivity index (χ4n) is 4.56. The van der Waals surface area contributed by atoms with Gasteiger partial charge in [0.25, 0.3) is 0 Å². The lowest BCUT2D eigenvalue weighted by molar-refractivity contribution is -0.0367. The molecule has 2 aliphatic heterocycles. The van der Waals surface area contributed by atoms with Crippen LogP contribution in [0.25, 0.3) is 10.9 Å². The van der Waals surface area contributed by atoms with E-state index in [-0.39, 0.29) is 24.8 Å². The third kappa shape index (κ3) is 4.32. The molecule has 7 heteroatoms. The van der Waals surface area contributed by atoms with Gasteiger partial charge in [-0.3, -0.25) is 0 Å². The maximum Gasteiger partial charge on any atom is 0.410 e. The predicted molar refractivity (Wildman–Crippen MR) is 114 cm³/mol. The number of amides is 1. The average Bonchev–Trinajstić information content (AvgIpc) is 3.09. The summed E-state index contributed by atoms with van der Waals surface area (Å²) in [5, 5.41) is 16.6. The van der Waals surface area contributed by atoms with Crippen molar-refractivity contribution in [1.29, 1.82) is 0 Å². The first kappa shape index (κ1) is 21.1. The van der Waals surface area contributed by atoms with E-state index in [0.717, 1.165) is 47.9 Å². The third-order valence-corrected chi connectivity index (χ3v) is 6.04. The second-order valence-corrected chi connectivity index (χ2v) is 9.57. The molecule has 7 nitrogen and oxygen atoms in total. The molecule has 2 saturated heterocycles. The number of aliphatic hydroxyl groups is 1. The van der Waals surface area contributed by atoms with Gasteiger partial charge in [0, 0.05) is 24.5 Å². The van der Waals surface area contributed by atoms with E-state index >= 15 is 0 Å². The largest absolute Gasteiger partial charge is 0.444 e. The summed E-state index contributed by atoms with van der Waals surface area (Å²) in [6.45, 7) is 9.26. The van der Waals surface area contributed by atoms with Crippen LogP contribution < -0.4 is 0 Å². The van der Waals surface area contributed by atoms with Gasteiger partial charge in [0.15, 0.2) is 6.23 Å². The zero-order valence-corrected chi connectivity index (χ0v) is 18.4. The van der Waals surface area contributed by atoms with Gasteiger partial charge in [-0.1, -0.05) is 0 Å². The minimum Gasteiger partial charge on any atom is -0.444 e. The number of aliphatic hydroxyl groups excluding tert-OH is 1. The molecule has 0 spiro atoms. The van der Waals surface area contributed by atoms with Crippen LogP contribution >= 0.6 is 0 Å². The van der Waals surface area contributed by atoms with E-state index in [9.17, 15) is 9.90 Å². The van der Waals surface area contributed by atoms with Crippen molar-refractivity contribution in [2.45, 2.75) is 77.2 Å². The van der Waals surface area contributed by atoms with E-state index in [2.05, 4.69) is 24.2 Å². The first-order valence-electron chi connectivity index (χ1n) is 11.0. The van der Waals surface area contributed by atoms with Crippen LogP contribution in [0.2, 0.25) is 0 Å². The summed E-state index contributed by atoms with van der Waals surface area (Å²) < 4.78 is 13.4. The number of hydrogen-bond donors (Lipinski definition) is 1. The summed E-state index contributed by atoms with van der Waals surface area (Å²) >= 11 is 0. The normalized spacial score (nSPS) is 25.5. The Bertz CT molecular complexity index is 911. The molecule has 3 heterocycles. The smallest absolute Gasteiger partial charge is 0.410 e. The first-order chi connectivity index (χ1) is 14.2. The van der Waals surface area contributed by atoms with E-state index in [4.69, 9.17) is 9.47 Å². The maximum atomic E-state index is 12.4. The lowest BCUT2D eigenvalue weighted by Gasteiger charge is -2.37. The predicted octanol–water partition coefficient (Wildman–Crippen LogP) is 4.13. The molecule has 164 valence electrons. The van der Waals surface area contributed by atoms with Crippen LogP contribution in [0.5, 0.6) is 0 Å². The van der Waals surface area contributed by atoms with Gasteiger partial charge in [-0.2, -0.15) is 5.10 Å². The van der Waals surface area contributed by atoms with Crippen LogP contribution in [0.3, 0.4) is 0 Å². The van der Waals surface area contributed by atoms with Crippen molar-refractivity contribution in [3.8, 4) is 0 Å². The quantitative estimate of drug-likeness (QED) is 0.798. The highest BCUT2D eigenvalue weighted by atomic mass is 16.6. The summed E-state index contributed by atoms with van der Waals surface area (Å²) in [4.78, 5) is 14.0. The van der Waals surface area contributed by atoms with Crippen LogP contribution in [-0.4, -0.2) is 57.3 Å². The van der Waals surface area contributed by atoms with Gasteiger partial charge in [-0.25, -0.2) is 9.48 Å². The highest BCUT2D eigenvalue weighted by Gasteiger charge is 2.34. The minimum absolute atomic E-state index is 0.0225. The Hall–Kier alpha value is -2.12. The molecule has 2 aliphatic rings. The summed E-state index contributed by atoms with van der Waals surface area (Å²) in [6, 6.07) is 4.30. The molecule has 30 heavy (non-hydrogen) atoms. The molecule has 1 aromatic carbocycles. The van der Waals surface area contributed by atoms with Gasteiger partial charge in [-0.15, -0.1) is 0 Å². The zero-order chi connectivity index (χ0) is 21.5. The van der Waals surface area contributed by atoms with Gasteiger partial charge in [0.1, 0.15) is 5.60 Å². The lowest BCUT2D eigenvalue weighted by Crippen LogP contribution is -2.47. The zero-order valence-electron chi connectivity index (χ0n) is 18.4. The Morgan fingerprint density at radius 1 is 1.27 bits per heavy atom. The maximum absolute atomic E-state index is 12.4. The number of likely N-dealkylation sites (tertiary alicyclic amines) is 1. The average molecular weight is 416 g/mol. The molecule has 1 N–H and O–H groups in total. The summed E-state index contributed by atoms with van der Waals surface area (Å²) in [6.07, 6.45) is 4.79. The van der Waals surface area contributed by atoms with E-state index in [0.29, 0.717) is 13.0 Å². The van der Waals surface area contributed by atoms with Crippen molar-refractivity contribution in [1.82, 2.24) is 14.7 Å². The number of rotatable bonds is 2. The SMILES string of the molecule is Cc1cc2cnn(C3CCCCO3)c2cc1C1CCN(C(=O)OC(C)(C)C)CC1O. The van der Waals surface area contributed by atoms with Crippen LogP contribution in [0.1, 0.15) is 69.7 Å². The lowest BCUT2D eigenvalue weighted by atomic mass is 9.84. The Morgan fingerprint density at radius 2 is 2.07 bits per heavy atom. The minimum atomic E-state index is -0.635. The number of aryl methyl sites for hydroxylation is 1. The highest BCUT2D eigenvalue weighted by molar-refractivity contribution is 5.81. The first-order valence-corrected chi connectivity index (χ1v) is 11.0. The number of β-amino-alcohol motifs (C(OH)–C–C–N with tert-alkyl or cyclic N) is 1. The molecule has 0 bridgehead atoms. The molecule has 3 atom stereocenters. The second-order valence-electron chi connectivity index (χ2n) is 9.57. The number of carbonyl (C=O) groups excluding carboxylic acids is 1. The number of carbonyl (C=O) groups is 1. The van der Waals surface area contributed by atoms with Gasteiger partial charge in [0.2, 0.25) is 0 Å². The summed E-state index contributed by atoms with van der Waals surface area (Å²) in [7, 11) is 0. The fourth-order valence-corrected chi connectivity index (χ4v) is 4.56. The Morgan fingerprint density at radius 3 is 2.73 bits per heavy atom. The van der Waals surface area contributed by atoms with E-state index < -0.39 is 11.7 Å². The molecular formula is C23H33N3O4. The monoisotopic (exact) mass is 415 g/mol.